The molecular weight excluding hydrogens is 310 g/mol. The minimum atomic E-state index is -0.173. The van der Waals surface area contributed by atoms with E-state index in [1.165, 1.54) is 39.3 Å². The normalized spacial score (nSPS) is 22.8. The number of amides is 2. The monoisotopic (exact) mass is 339 g/mol. The van der Waals surface area contributed by atoms with Crippen LogP contribution < -0.4 is 0 Å². The molecule has 2 atom stereocenters. The topological polar surface area (TPSA) is 37.4 Å². The SMILES string of the molecule is CC(C)c1cc(C(C)C)c2c(c1)[C@H](C(C)C)C[C@@H]2N1C(=O)C=CC1=O. The maximum absolute atomic E-state index is 12.3. The third-order valence-electron chi connectivity index (χ3n) is 5.72. The summed E-state index contributed by atoms with van der Waals surface area (Å²) >= 11 is 0. The van der Waals surface area contributed by atoms with Gasteiger partial charge in [0.1, 0.15) is 0 Å². The first-order valence-corrected chi connectivity index (χ1v) is 9.45. The third-order valence-corrected chi connectivity index (χ3v) is 5.72. The van der Waals surface area contributed by atoms with Gasteiger partial charge in [0.2, 0.25) is 0 Å². The second kappa shape index (κ2) is 6.44. The molecule has 0 saturated heterocycles. The molecule has 0 radical (unpaired) electrons. The average molecular weight is 339 g/mol. The number of nitrogens with zero attached hydrogens (tertiary/aromatic N) is 1. The summed E-state index contributed by atoms with van der Waals surface area (Å²) in [7, 11) is 0. The fourth-order valence-corrected chi connectivity index (χ4v) is 4.30. The zero-order chi connectivity index (χ0) is 18.5. The molecule has 0 fully saturated rings. The standard InChI is InChI=1S/C22H29NO2/c1-12(2)15-9-17(14(5)6)22-18(10-15)16(13(3)4)11-19(22)23-20(24)7-8-21(23)25/h7-10,12-14,16,19H,11H2,1-6H3/t16-,19-/m0/s1. The van der Waals surface area contributed by atoms with Crippen LogP contribution in [-0.2, 0) is 9.59 Å². The lowest BCUT2D eigenvalue weighted by Gasteiger charge is -2.26. The van der Waals surface area contributed by atoms with Crippen LogP contribution in [0.25, 0.3) is 0 Å². The van der Waals surface area contributed by atoms with Gasteiger partial charge in [-0.3, -0.25) is 14.5 Å². The second-order valence-corrected chi connectivity index (χ2v) is 8.40. The van der Waals surface area contributed by atoms with Gasteiger partial charge >= 0.3 is 0 Å². The lowest BCUT2D eigenvalue weighted by Crippen LogP contribution is -2.33. The molecule has 0 N–H and O–H groups in total. The van der Waals surface area contributed by atoms with Crippen molar-refractivity contribution >= 4 is 11.8 Å². The van der Waals surface area contributed by atoms with E-state index in [4.69, 9.17) is 0 Å². The molecule has 3 heteroatoms. The molecule has 1 aromatic carbocycles. The first kappa shape index (κ1) is 17.9. The lowest BCUT2D eigenvalue weighted by molar-refractivity contribution is -0.139. The van der Waals surface area contributed by atoms with Gasteiger partial charge in [-0.2, -0.15) is 0 Å². The van der Waals surface area contributed by atoms with E-state index in [0.717, 1.165) is 6.42 Å². The molecule has 3 rings (SSSR count). The van der Waals surface area contributed by atoms with Crippen molar-refractivity contribution in [3.63, 3.8) is 0 Å². The van der Waals surface area contributed by atoms with Gasteiger partial charge in [0.05, 0.1) is 6.04 Å². The maximum Gasteiger partial charge on any atom is 0.254 e. The van der Waals surface area contributed by atoms with Crippen molar-refractivity contribution in [3.05, 3.63) is 46.5 Å². The molecule has 3 nitrogen and oxygen atoms in total. The Morgan fingerprint density at radius 3 is 2.00 bits per heavy atom. The Balaban J connectivity index is 2.20. The highest BCUT2D eigenvalue weighted by Crippen LogP contribution is 2.51. The number of imide groups is 1. The first-order chi connectivity index (χ1) is 11.7. The van der Waals surface area contributed by atoms with Gasteiger partial charge in [-0.15, -0.1) is 0 Å². The molecule has 2 amide bonds. The van der Waals surface area contributed by atoms with Crippen molar-refractivity contribution in [3.8, 4) is 0 Å². The number of carbonyl (C=O) groups is 2. The summed E-state index contributed by atoms with van der Waals surface area (Å²) in [5, 5.41) is 0. The summed E-state index contributed by atoms with van der Waals surface area (Å²) < 4.78 is 0. The van der Waals surface area contributed by atoms with Crippen LogP contribution in [0.3, 0.4) is 0 Å². The molecule has 0 bridgehead atoms. The number of benzene rings is 1. The summed E-state index contributed by atoms with van der Waals surface area (Å²) in [6, 6.07) is 4.49. The second-order valence-electron chi connectivity index (χ2n) is 8.40. The van der Waals surface area contributed by atoms with Gasteiger partial charge in [0.15, 0.2) is 0 Å². The van der Waals surface area contributed by atoms with Gasteiger partial charge in [-0.1, -0.05) is 53.7 Å². The lowest BCUT2D eigenvalue weighted by atomic mass is 9.84. The smallest absolute Gasteiger partial charge is 0.254 e. The quantitative estimate of drug-likeness (QED) is 0.720. The molecule has 134 valence electrons. The van der Waals surface area contributed by atoms with Crippen LogP contribution in [-0.4, -0.2) is 16.7 Å². The fraction of sp³-hybridized carbons (Fsp3) is 0.545. The van der Waals surface area contributed by atoms with Crippen molar-refractivity contribution in [2.24, 2.45) is 5.92 Å². The van der Waals surface area contributed by atoms with E-state index in [1.54, 1.807) is 0 Å². The highest BCUT2D eigenvalue weighted by Gasteiger charge is 2.42. The highest BCUT2D eigenvalue weighted by atomic mass is 16.2. The molecular formula is C22H29NO2. The molecule has 1 aliphatic carbocycles. The van der Waals surface area contributed by atoms with Crippen LogP contribution in [0, 0.1) is 5.92 Å². The molecule has 0 spiro atoms. The molecule has 1 aliphatic heterocycles. The summed E-state index contributed by atoms with van der Waals surface area (Å²) in [6.45, 7) is 13.3. The predicted octanol–water partition coefficient (Wildman–Crippen LogP) is 5.04. The third kappa shape index (κ3) is 2.94. The van der Waals surface area contributed by atoms with Crippen LogP contribution in [0.15, 0.2) is 24.3 Å². The van der Waals surface area contributed by atoms with Crippen LogP contribution in [0.2, 0.25) is 0 Å². The van der Waals surface area contributed by atoms with Gasteiger partial charge in [-0.05, 0) is 52.3 Å². The zero-order valence-corrected chi connectivity index (χ0v) is 16.2. The minimum absolute atomic E-state index is 0.129. The number of carbonyl (C=O) groups excluding carboxylic acids is 2. The molecule has 0 unspecified atom stereocenters. The number of fused-ring (bicyclic) bond motifs is 1. The van der Waals surface area contributed by atoms with Crippen molar-refractivity contribution in [2.75, 3.05) is 0 Å². The molecule has 1 heterocycles. The fourth-order valence-electron chi connectivity index (χ4n) is 4.30. The van der Waals surface area contributed by atoms with E-state index in [2.05, 4.69) is 53.7 Å². The maximum atomic E-state index is 12.3. The van der Waals surface area contributed by atoms with E-state index < -0.39 is 0 Å². The molecule has 0 saturated carbocycles. The van der Waals surface area contributed by atoms with Crippen LogP contribution in [0.1, 0.15) is 94.0 Å². The van der Waals surface area contributed by atoms with Crippen molar-refractivity contribution in [1.82, 2.24) is 4.90 Å². The van der Waals surface area contributed by atoms with E-state index in [-0.39, 0.29) is 17.9 Å². The van der Waals surface area contributed by atoms with Crippen molar-refractivity contribution in [1.29, 1.82) is 0 Å². The van der Waals surface area contributed by atoms with Gasteiger partial charge in [-0.25, -0.2) is 0 Å². The summed E-state index contributed by atoms with van der Waals surface area (Å²) in [6.07, 6.45) is 3.65. The van der Waals surface area contributed by atoms with Crippen LogP contribution >= 0.6 is 0 Å². The zero-order valence-electron chi connectivity index (χ0n) is 16.2. The highest BCUT2D eigenvalue weighted by molar-refractivity contribution is 6.13. The van der Waals surface area contributed by atoms with E-state index in [9.17, 15) is 9.59 Å². The van der Waals surface area contributed by atoms with Crippen molar-refractivity contribution < 1.29 is 9.59 Å². The summed E-state index contributed by atoms with van der Waals surface area (Å²) in [4.78, 5) is 26.1. The molecule has 25 heavy (non-hydrogen) atoms. The van der Waals surface area contributed by atoms with Gasteiger partial charge < -0.3 is 0 Å². The minimum Gasteiger partial charge on any atom is -0.269 e. The summed E-state index contributed by atoms with van der Waals surface area (Å²) in [5.41, 5.74) is 5.22. The van der Waals surface area contributed by atoms with Crippen molar-refractivity contribution in [2.45, 2.75) is 71.8 Å². The van der Waals surface area contributed by atoms with Crippen LogP contribution in [0.4, 0.5) is 0 Å². The summed E-state index contributed by atoms with van der Waals surface area (Å²) in [5.74, 6) is 1.35. The Hall–Kier alpha value is -1.90. The Bertz CT molecular complexity index is 725. The van der Waals surface area contributed by atoms with Gasteiger partial charge in [0.25, 0.3) is 11.8 Å². The Morgan fingerprint density at radius 2 is 1.52 bits per heavy atom. The largest absolute Gasteiger partial charge is 0.269 e. The average Bonchev–Trinajstić information content (AvgIpc) is 3.06. The number of hydrogen-bond donors (Lipinski definition) is 0. The Morgan fingerprint density at radius 1 is 0.920 bits per heavy atom. The Kier molecular flexibility index (Phi) is 4.61. The van der Waals surface area contributed by atoms with E-state index in [0.29, 0.717) is 23.7 Å². The van der Waals surface area contributed by atoms with Crippen LogP contribution in [0.5, 0.6) is 0 Å². The number of rotatable bonds is 4. The van der Waals surface area contributed by atoms with E-state index >= 15 is 0 Å². The first-order valence-electron chi connectivity index (χ1n) is 9.45. The van der Waals surface area contributed by atoms with E-state index in [1.807, 2.05) is 0 Å². The molecule has 0 aromatic heterocycles. The number of hydrogen-bond acceptors (Lipinski definition) is 2. The molecule has 2 aliphatic rings. The predicted molar refractivity (Wildman–Crippen MR) is 101 cm³/mol. The van der Waals surface area contributed by atoms with Gasteiger partial charge in [0, 0.05) is 12.2 Å². The molecule has 1 aromatic rings. The Labute approximate surface area is 151 Å².